The molecule has 0 unspecified atom stereocenters. The van der Waals surface area contributed by atoms with Gasteiger partial charge in [0.05, 0.1) is 11.6 Å². The van der Waals surface area contributed by atoms with Gasteiger partial charge in [-0.1, -0.05) is 36.4 Å². The fourth-order valence-electron chi connectivity index (χ4n) is 4.03. The minimum absolute atomic E-state index is 0.439. The summed E-state index contributed by atoms with van der Waals surface area (Å²) in [6, 6.07) is 15.9. The molecule has 0 atom stereocenters. The van der Waals surface area contributed by atoms with E-state index in [-0.39, 0.29) is 0 Å². The van der Waals surface area contributed by atoms with E-state index >= 15 is 0 Å². The summed E-state index contributed by atoms with van der Waals surface area (Å²) >= 11 is 1.59. The summed E-state index contributed by atoms with van der Waals surface area (Å²) < 4.78 is 25.8. The van der Waals surface area contributed by atoms with Crippen molar-refractivity contribution in [3.63, 3.8) is 0 Å². The highest BCUT2D eigenvalue weighted by atomic mass is 32.2. The maximum atomic E-state index is 12.1. The first kappa shape index (κ1) is 21.0. The fraction of sp³-hybridized carbons (Fsp3) is 0.261. The molecule has 0 radical (unpaired) electrons. The van der Waals surface area contributed by atoms with Crippen LogP contribution in [0.1, 0.15) is 6.42 Å². The molecule has 1 saturated heterocycles. The summed E-state index contributed by atoms with van der Waals surface area (Å²) in [4.78, 5) is 17.4. The standard InChI is InChI=1S/C23H23N5O2S2/c1-32(29,30)28-13-7-12-27(14-15-28)22-20-18(17-8-3-2-4-9-17)16-31-23(20)26-21(25-22)19-10-5-6-11-24-19/h2-6,8-11,16H,7,12-15H2,1H3. The number of sulfonamides is 1. The number of fused-ring (bicyclic) bond motifs is 1. The van der Waals surface area contributed by atoms with Gasteiger partial charge < -0.3 is 4.90 Å². The molecule has 9 heteroatoms. The molecular weight excluding hydrogens is 442 g/mol. The van der Waals surface area contributed by atoms with E-state index in [2.05, 4.69) is 27.4 Å². The molecule has 1 aliphatic heterocycles. The molecule has 1 aliphatic rings. The van der Waals surface area contributed by atoms with E-state index in [1.807, 2.05) is 36.4 Å². The van der Waals surface area contributed by atoms with Crippen molar-refractivity contribution in [1.29, 1.82) is 0 Å². The lowest BCUT2D eigenvalue weighted by Crippen LogP contribution is -2.34. The van der Waals surface area contributed by atoms with Crippen molar-refractivity contribution in [3.8, 4) is 22.6 Å². The van der Waals surface area contributed by atoms with Crippen molar-refractivity contribution in [2.45, 2.75) is 6.42 Å². The summed E-state index contributed by atoms with van der Waals surface area (Å²) in [5.74, 6) is 1.42. The molecule has 0 bridgehead atoms. The van der Waals surface area contributed by atoms with Crippen LogP contribution in [-0.4, -0.2) is 60.1 Å². The lowest BCUT2D eigenvalue weighted by atomic mass is 10.1. The molecular formula is C23H23N5O2S2. The van der Waals surface area contributed by atoms with Gasteiger partial charge in [-0.15, -0.1) is 11.3 Å². The number of benzene rings is 1. The number of aromatic nitrogens is 3. The number of hydrogen-bond acceptors (Lipinski definition) is 7. The predicted molar refractivity (Wildman–Crippen MR) is 129 cm³/mol. The molecule has 0 aliphatic carbocycles. The molecule has 0 spiro atoms. The Morgan fingerprint density at radius 3 is 2.50 bits per heavy atom. The topological polar surface area (TPSA) is 79.3 Å². The van der Waals surface area contributed by atoms with Gasteiger partial charge in [-0.25, -0.2) is 22.7 Å². The number of thiophene rings is 1. The van der Waals surface area contributed by atoms with Crippen LogP contribution >= 0.6 is 11.3 Å². The average Bonchev–Trinajstić information content (AvgIpc) is 3.07. The SMILES string of the molecule is CS(=O)(=O)N1CCCN(c2nc(-c3ccccn3)nc3scc(-c4ccccc4)c23)CC1. The quantitative estimate of drug-likeness (QED) is 0.455. The Hall–Kier alpha value is -2.88. The van der Waals surface area contributed by atoms with Gasteiger partial charge in [-0.05, 0) is 24.1 Å². The molecule has 1 fully saturated rings. The summed E-state index contributed by atoms with van der Waals surface area (Å²) in [5.41, 5.74) is 2.93. The van der Waals surface area contributed by atoms with Crippen LogP contribution in [0.5, 0.6) is 0 Å². The highest BCUT2D eigenvalue weighted by Crippen LogP contribution is 2.39. The van der Waals surface area contributed by atoms with Crippen LogP contribution in [0.2, 0.25) is 0 Å². The van der Waals surface area contributed by atoms with Crippen molar-refractivity contribution in [2.24, 2.45) is 0 Å². The minimum atomic E-state index is -3.22. The Morgan fingerprint density at radius 2 is 1.75 bits per heavy atom. The van der Waals surface area contributed by atoms with Crippen LogP contribution < -0.4 is 4.90 Å². The van der Waals surface area contributed by atoms with Crippen molar-refractivity contribution < 1.29 is 8.42 Å². The monoisotopic (exact) mass is 465 g/mol. The molecule has 0 N–H and O–H groups in total. The Labute approximate surface area is 191 Å². The van der Waals surface area contributed by atoms with E-state index in [0.717, 1.165) is 45.8 Å². The van der Waals surface area contributed by atoms with Crippen LogP contribution in [-0.2, 0) is 10.0 Å². The van der Waals surface area contributed by atoms with Crippen molar-refractivity contribution in [2.75, 3.05) is 37.3 Å². The lowest BCUT2D eigenvalue weighted by Gasteiger charge is -2.23. The predicted octanol–water partition coefficient (Wildman–Crippen LogP) is 3.89. The molecule has 32 heavy (non-hydrogen) atoms. The van der Waals surface area contributed by atoms with Gasteiger partial charge in [0.2, 0.25) is 10.0 Å². The zero-order valence-corrected chi connectivity index (χ0v) is 19.3. The molecule has 4 aromatic rings. The Kier molecular flexibility index (Phi) is 5.62. The third kappa shape index (κ3) is 4.11. The molecule has 7 nitrogen and oxygen atoms in total. The van der Waals surface area contributed by atoms with Crippen LogP contribution in [0.4, 0.5) is 5.82 Å². The normalized spacial score (nSPS) is 15.7. The second-order valence-electron chi connectivity index (χ2n) is 7.78. The van der Waals surface area contributed by atoms with E-state index in [0.29, 0.717) is 25.5 Å². The van der Waals surface area contributed by atoms with Gasteiger partial charge in [0.25, 0.3) is 0 Å². The van der Waals surface area contributed by atoms with Crippen molar-refractivity contribution >= 4 is 37.4 Å². The Morgan fingerprint density at radius 1 is 0.938 bits per heavy atom. The van der Waals surface area contributed by atoms with Gasteiger partial charge in [-0.2, -0.15) is 0 Å². The molecule has 4 heterocycles. The molecule has 5 rings (SSSR count). The summed E-state index contributed by atoms with van der Waals surface area (Å²) in [5, 5.41) is 3.13. The third-order valence-electron chi connectivity index (χ3n) is 5.62. The number of anilines is 1. The van der Waals surface area contributed by atoms with Crippen molar-refractivity contribution in [3.05, 3.63) is 60.1 Å². The van der Waals surface area contributed by atoms with Gasteiger partial charge in [-0.3, -0.25) is 4.98 Å². The zero-order chi connectivity index (χ0) is 22.1. The van der Waals surface area contributed by atoms with Gasteiger partial charge in [0, 0.05) is 43.3 Å². The maximum absolute atomic E-state index is 12.1. The van der Waals surface area contributed by atoms with E-state index < -0.39 is 10.0 Å². The first-order valence-corrected chi connectivity index (χ1v) is 13.2. The molecule has 0 saturated carbocycles. The van der Waals surface area contributed by atoms with Gasteiger partial charge >= 0.3 is 0 Å². The van der Waals surface area contributed by atoms with Crippen LogP contribution in [0.15, 0.2) is 60.1 Å². The average molecular weight is 466 g/mol. The van der Waals surface area contributed by atoms with E-state index in [9.17, 15) is 8.42 Å². The summed E-state index contributed by atoms with van der Waals surface area (Å²) in [6.07, 6.45) is 3.75. The number of pyridine rings is 1. The molecule has 1 aromatic carbocycles. The first-order valence-electron chi connectivity index (χ1n) is 10.5. The highest BCUT2D eigenvalue weighted by molar-refractivity contribution is 7.88. The molecule has 0 amide bonds. The number of rotatable bonds is 4. The van der Waals surface area contributed by atoms with Crippen molar-refractivity contribution in [1.82, 2.24) is 19.3 Å². The van der Waals surface area contributed by atoms with Gasteiger partial charge in [0.1, 0.15) is 16.3 Å². The maximum Gasteiger partial charge on any atom is 0.211 e. The molecule has 164 valence electrons. The second-order valence-corrected chi connectivity index (χ2v) is 10.6. The highest BCUT2D eigenvalue weighted by Gasteiger charge is 2.25. The van der Waals surface area contributed by atoms with E-state index in [4.69, 9.17) is 9.97 Å². The van der Waals surface area contributed by atoms with Crippen LogP contribution in [0.3, 0.4) is 0 Å². The smallest absolute Gasteiger partial charge is 0.211 e. The van der Waals surface area contributed by atoms with E-state index in [1.54, 1.807) is 21.8 Å². The Balaban J connectivity index is 1.65. The second kappa shape index (κ2) is 8.57. The summed E-state index contributed by atoms with van der Waals surface area (Å²) in [6.45, 7) is 2.26. The first-order chi connectivity index (χ1) is 15.5. The largest absolute Gasteiger partial charge is 0.355 e. The third-order valence-corrected chi connectivity index (χ3v) is 7.79. The van der Waals surface area contributed by atoms with Crippen LogP contribution in [0.25, 0.3) is 32.9 Å². The zero-order valence-electron chi connectivity index (χ0n) is 17.7. The fourth-order valence-corrected chi connectivity index (χ4v) is 5.84. The molecule has 3 aromatic heterocycles. The number of nitrogens with zero attached hydrogens (tertiary/aromatic N) is 5. The van der Waals surface area contributed by atoms with Gasteiger partial charge in [0.15, 0.2) is 5.82 Å². The van der Waals surface area contributed by atoms with Crippen LogP contribution in [0, 0.1) is 0 Å². The summed E-state index contributed by atoms with van der Waals surface area (Å²) in [7, 11) is -3.22. The minimum Gasteiger partial charge on any atom is -0.355 e. The number of hydrogen-bond donors (Lipinski definition) is 0. The van der Waals surface area contributed by atoms with E-state index in [1.165, 1.54) is 6.26 Å². The Bertz CT molecular complexity index is 1340. The lowest BCUT2D eigenvalue weighted by molar-refractivity contribution is 0.437.